The minimum Gasteiger partial charge on any atom is -0.467 e. The molecule has 0 saturated heterocycles. The van der Waals surface area contributed by atoms with Crippen molar-refractivity contribution in [2.45, 2.75) is 19.8 Å². The molecule has 1 aliphatic heterocycles. The average Bonchev–Trinajstić information content (AvgIpc) is 3.30. The second-order valence-electron chi connectivity index (χ2n) is 7.95. The van der Waals surface area contributed by atoms with Crippen LogP contribution >= 0.6 is 11.3 Å². The summed E-state index contributed by atoms with van der Waals surface area (Å²) in [7, 11) is 1.62. The van der Waals surface area contributed by atoms with E-state index >= 15 is 0 Å². The molecule has 0 spiro atoms. The van der Waals surface area contributed by atoms with E-state index in [9.17, 15) is 4.79 Å². The molecule has 0 aliphatic carbocycles. The summed E-state index contributed by atoms with van der Waals surface area (Å²) < 4.78 is 22.2. The number of methoxy groups -OCH3 is 1. The topological polar surface area (TPSA) is 78.9 Å². The number of nitrogens with one attached hydrogen (secondary N) is 1. The Labute approximate surface area is 191 Å². The first kappa shape index (κ1) is 22.3. The average molecular weight is 455 g/mol. The molecule has 8 heteroatoms. The maximum atomic E-state index is 13.3. The number of thiazole rings is 1. The third-order valence-corrected chi connectivity index (χ3v) is 6.13. The molecule has 168 valence electrons. The molecule has 7 nitrogen and oxygen atoms in total. The van der Waals surface area contributed by atoms with Gasteiger partial charge in [-0.2, -0.15) is 0 Å². The van der Waals surface area contributed by atoms with Crippen LogP contribution in [0.15, 0.2) is 54.0 Å². The molecular formula is C24H26N2O5S. The molecule has 2 heterocycles. The number of amides is 1. The van der Waals surface area contributed by atoms with Gasteiger partial charge in [0.1, 0.15) is 17.2 Å². The van der Waals surface area contributed by atoms with Gasteiger partial charge in [0.15, 0.2) is 11.9 Å². The second kappa shape index (κ2) is 9.68. The molecule has 1 aliphatic rings. The van der Waals surface area contributed by atoms with Gasteiger partial charge in [0.2, 0.25) is 5.91 Å². The minimum atomic E-state index is -0.772. The monoisotopic (exact) mass is 454 g/mol. The lowest BCUT2D eigenvalue weighted by molar-refractivity contribution is -0.124. The fourth-order valence-electron chi connectivity index (χ4n) is 3.79. The van der Waals surface area contributed by atoms with E-state index in [2.05, 4.69) is 10.3 Å². The van der Waals surface area contributed by atoms with Crippen LogP contribution in [0.25, 0.3) is 0 Å². The van der Waals surface area contributed by atoms with Crippen molar-refractivity contribution < 1.29 is 23.7 Å². The summed E-state index contributed by atoms with van der Waals surface area (Å²) in [6, 6.07) is 13.5. The number of ether oxygens (including phenoxy) is 4. The number of benzene rings is 2. The number of nitrogens with zero attached hydrogens (tertiary/aromatic N) is 1. The van der Waals surface area contributed by atoms with Gasteiger partial charge in [-0.3, -0.25) is 4.79 Å². The molecule has 4 rings (SSSR count). The van der Waals surface area contributed by atoms with Crippen LogP contribution in [0.3, 0.4) is 0 Å². The molecule has 1 atom stereocenters. The summed E-state index contributed by atoms with van der Waals surface area (Å²) in [5.41, 5.74) is 1.12. The summed E-state index contributed by atoms with van der Waals surface area (Å²) >= 11 is 1.40. The van der Waals surface area contributed by atoms with E-state index in [1.165, 1.54) is 11.3 Å². The highest BCUT2D eigenvalue weighted by Crippen LogP contribution is 2.52. The van der Waals surface area contributed by atoms with Crippen LogP contribution in [0.4, 0.5) is 5.13 Å². The summed E-state index contributed by atoms with van der Waals surface area (Å²) in [6.07, 6.45) is 1.67. The highest BCUT2D eigenvalue weighted by Gasteiger charge is 2.43. The van der Waals surface area contributed by atoms with Gasteiger partial charge in [0.05, 0.1) is 18.6 Å². The van der Waals surface area contributed by atoms with Crippen molar-refractivity contribution in [3.05, 3.63) is 65.2 Å². The van der Waals surface area contributed by atoms with E-state index in [4.69, 9.17) is 18.9 Å². The highest BCUT2D eigenvalue weighted by atomic mass is 32.1. The SMILES string of the molecule is COCCOCOc1ccc2c(c1)Oc1ccccc1C2C(C)(C)C(=O)Nc1nccs1. The van der Waals surface area contributed by atoms with Crippen molar-refractivity contribution in [3.8, 4) is 17.2 Å². The summed E-state index contributed by atoms with van der Waals surface area (Å²) in [4.78, 5) is 17.5. The van der Waals surface area contributed by atoms with Gasteiger partial charge in [0, 0.05) is 41.8 Å². The molecule has 1 N–H and O–H groups in total. The molecule has 1 amide bonds. The van der Waals surface area contributed by atoms with E-state index in [0.29, 0.717) is 29.8 Å². The van der Waals surface area contributed by atoms with E-state index < -0.39 is 5.41 Å². The molecule has 0 saturated carbocycles. The normalized spacial score (nSPS) is 14.8. The van der Waals surface area contributed by atoms with Gasteiger partial charge in [0.25, 0.3) is 0 Å². The molecule has 0 fully saturated rings. The van der Waals surface area contributed by atoms with Crippen molar-refractivity contribution in [2.75, 3.05) is 32.4 Å². The van der Waals surface area contributed by atoms with Crippen molar-refractivity contribution >= 4 is 22.4 Å². The van der Waals surface area contributed by atoms with Crippen LogP contribution in [-0.4, -0.2) is 38.0 Å². The molecule has 1 unspecified atom stereocenters. The lowest BCUT2D eigenvalue weighted by Crippen LogP contribution is -2.38. The van der Waals surface area contributed by atoms with Crippen molar-refractivity contribution in [3.63, 3.8) is 0 Å². The smallest absolute Gasteiger partial charge is 0.232 e. The predicted octanol–water partition coefficient (Wildman–Crippen LogP) is 5.04. The maximum Gasteiger partial charge on any atom is 0.232 e. The third kappa shape index (κ3) is 4.62. The molecule has 32 heavy (non-hydrogen) atoms. The molecule has 0 radical (unpaired) electrons. The first-order chi connectivity index (χ1) is 15.5. The molecular weight excluding hydrogens is 428 g/mol. The van der Waals surface area contributed by atoms with Crippen molar-refractivity contribution in [1.29, 1.82) is 0 Å². The van der Waals surface area contributed by atoms with Crippen molar-refractivity contribution in [1.82, 2.24) is 4.98 Å². The number of para-hydroxylation sites is 1. The van der Waals surface area contributed by atoms with Crippen LogP contribution in [0, 0.1) is 5.41 Å². The summed E-state index contributed by atoms with van der Waals surface area (Å²) in [5, 5.41) is 5.37. The summed E-state index contributed by atoms with van der Waals surface area (Å²) in [5.74, 6) is 1.71. The number of rotatable bonds is 9. The second-order valence-corrected chi connectivity index (χ2v) is 8.84. The van der Waals surface area contributed by atoms with Gasteiger partial charge in [-0.15, -0.1) is 11.3 Å². The lowest BCUT2D eigenvalue weighted by atomic mass is 9.69. The van der Waals surface area contributed by atoms with Crippen LogP contribution in [-0.2, 0) is 14.3 Å². The zero-order chi connectivity index (χ0) is 22.6. The Hall–Kier alpha value is -2.94. The predicted molar refractivity (Wildman–Crippen MR) is 123 cm³/mol. The summed E-state index contributed by atoms with van der Waals surface area (Å²) in [6.45, 7) is 4.97. The standard InChI is InChI=1S/C24H26N2O5S/c1-24(2,22(27)26-23-25-10-13-32-23)21-17-6-4-5-7-19(17)31-20-14-16(8-9-18(20)21)30-15-29-12-11-28-3/h4-10,13-14,21H,11-12,15H2,1-3H3,(H,25,26,27). The Morgan fingerprint density at radius 2 is 1.97 bits per heavy atom. The van der Waals surface area contributed by atoms with E-state index in [0.717, 1.165) is 16.9 Å². The number of carbonyl (C=O) groups is 1. The van der Waals surface area contributed by atoms with Crippen LogP contribution in [0.5, 0.6) is 17.2 Å². The first-order valence-electron chi connectivity index (χ1n) is 10.3. The Morgan fingerprint density at radius 3 is 2.75 bits per heavy atom. The Kier molecular flexibility index (Phi) is 6.74. The van der Waals surface area contributed by atoms with Gasteiger partial charge in [-0.1, -0.05) is 38.1 Å². The number of fused-ring (bicyclic) bond motifs is 2. The van der Waals surface area contributed by atoms with Crippen molar-refractivity contribution in [2.24, 2.45) is 5.41 Å². The van der Waals surface area contributed by atoms with E-state index in [-0.39, 0.29) is 18.6 Å². The highest BCUT2D eigenvalue weighted by molar-refractivity contribution is 7.13. The van der Waals surface area contributed by atoms with Gasteiger partial charge in [-0.25, -0.2) is 4.98 Å². The lowest BCUT2D eigenvalue weighted by Gasteiger charge is -2.38. The Balaban J connectivity index is 1.62. The maximum absolute atomic E-state index is 13.3. The van der Waals surface area contributed by atoms with Gasteiger partial charge < -0.3 is 24.3 Å². The fraction of sp³-hybridized carbons (Fsp3) is 0.333. The zero-order valence-corrected chi connectivity index (χ0v) is 19.1. The quantitative estimate of drug-likeness (QED) is 0.360. The minimum absolute atomic E-state index is 0.105. The van der Waals surface area contributed by atoms with Gasteiger partial charge >= 0.3 is 0 Å². The largest absolute Gasteiger partial charge is 0.467 e. The molecule has 0 bridgehead atoms. The molecule has 3 aromatic rings. The number of anilines is 1. The molecule has 2 aromatic carbocycles. The van der Waals surface area contributed by atoms with E-state index in [1.54, 1.807) is 13.3 Å². The Bertz CT molecular complexity index is 1070. The van der Waals surface area contributed by atoms with E-state index in [1.807, 2.05) is 61.7 Å². The number of hydrogen-bond donors (Lipinski definition) is 1. The molecule has 1 aromatic heterocycles. The van der Waals surface area contributed by atoms with Crippen LogP contribution in [0.1, 0.15) is 30.9 Å². The number of hydrogen-bond acceptors (Lipinski definition) is 7. The third-order valence-electron chi connectivity index (χ3n) is 5.45. The van der Waals surface area contributed by atoms with Crippen LogP contribution in [0.2, 0.25) is 0 Å². The Morgan fingerprint density at radius 1 is 1.16 bits per heavy atom. The number of aromatic nitrogens is 1. The van der Waals surface area contributed by atoms with Gasteiger partial charge in [-0.05, 0) is 12.1 Å². The number of carbonyl (C=O) groups excluding carboxylic acids is 1. The zero-order valence-electron chi connectivity index (χ0n) is 18.3. The first-order valence-corrected chi connectivity index (χ1v) is 11.2. The van der Waals surface area contributed by atoms with Crippen LogP contribution < -0.4 is 14.8 Å². The fourth-order valence-corrected chi connectivity index (χ4v) is 4.32.